The summed E-state index contributed by atoms with van der Waals surface area (Å²) in [6.07, 6.45) is 3.59. The molecule has 0 spiro atoms. The Morgan fingerprint density at radius 2 is 1.94 bits per heavy atom. The molecule has 0 saturated carbocycles. The Hall–Kier alpha value is -3.66. The summed E-state index contributed by atoms with van der Waals surface area (Å²) >= 11 is 1.41. The molecular weight excluding hydrogens is 419 g/mol. The molecule has 8 nitrogen and oxygen atoms in total. The topological polar surface area (TPSA) is 106 Å². The maximum Gasteiger partial charge on any atom is 0.271 e. The van der Waals surface area contributed by atoms with E-state index in [2.05, 4.69) is 15.4 Å². The van der Waals surface area contributed by atoms with Gasteiger partial charge in [-0.25, -0.2) is 9.37 Å². The summed E-state index contributed by atoms with van der Waals surface area (Å²) in [4.78, 5) is 30.0. The Balaban J connectivity index is 1.56. The van der Waals surface area contributed by atoms with E-state index < -0.39 is 23.7 Å². The smallest absolute Gasteiger partial charge is 0.271 e. The summed E-state index contributed by atoms with van der Waals surface area (Å²) < 4.78 is 15.1. The van der Waals surface area contributed by atoms with Crippen molar-refractivity contribution in [1.29, 1.82) is 0 Å². The van der Waals surface area contributed by atoms with Crippen LogP contribution >= 0.6 is 11.8 Å². The van der Waals surface area contributed by atoms with Crippen LogP contribution in [0.5, 0.6) is 0 Å². The average Bonchev–Trinajstić information content (AvgIpc) is 3.37. The van der Waals surface area contributed by atoms with Gasteiger partial charge in [0.25, 0.3) is 5.91 Å². The predicted molar refractivity (Wildman–Crippen MR) is 116 cm³/mol. The van der Waals surface area contributed by atoms with Gasteiger partial charge in [0, 0.05) is 30.8 Å². The van der Waals surface area contributed by atoms with Crippen LogP contribution in [-0.2, 0) is 16.6 Å². The van der Waals surface area contributed by atoms with E-state index >= 15 is 0 Å². The number of nitrogens with one attached hydrogen (secondary N) is 1. The van der Waals surface area contributed by atoms with E-state index in [1.54, 1.807) is 12.3 Å². The summed E-state index contributed by atoms with van der Waals surface area (Å²) in [5.74, 6) is -1.48. The highest BCUT2D eigenvalue weighted by Crippen LogP contribution is 2.32. The Kier molecular flexibility index (Phi) is 5.72. The second kappa shape index (κ2) is 8.60. The van der Waals surface area contributed by atoms with Gasteiger partial charge in [0.1, 0.15) is 17.6 Å². The number of aromatic nitrogens is 2. The first-order valence-electron chi connectivity index (χ1n) is 9.39. The zero-order valence-electron chi connectivity index (χ0n) is 16.5. The van der Waals surface area contributed by atoms with Crippen LogP contribution in [0.15, 0.2) is 76.1 Å². The molecular formula is C21H19FN6O2S. The van der Waals surface area contributed by atoms with Gasteiger partial charge in [0.15, 0.2) is 5.16 Å². The quantitative estimate of drug-likeness (QED) is 0.616. The molecule has 0 radical (unpaired) electrons. The molecule has 1 atom stereocenters. The number of nitrogens with zero attached hydrogens (tertiary/aromatic N) is 4. The highest BCUT2D eigenvalue weighted by molar-refractivity contribution is 7.99. The van der Waals surface area contributed by atoms with Crippen LogP contribution in [0.2, 0.25) is 0 Å². The molecule has 0 bridgehead atoms. The number of aryl methyl sites for hydroxylation is 1. The van der Waals surface area contributed by atoms with Gasteiger partial charge < -0.3 is 15.6 Å². The number of primary amides is 1. The van der Waals surface area contributed by atoms with Crippen LogP contribution in [0, 0.1) is 5.82 Å². The third-order valence-electron chi connectivity index (χ3n) is 4.71. The number of carbonyl (C=O) groups excluding carboxylic acids is 2. The number of benzene rings is 2. The van der Waals surface area contributed by atoms with Gasteiger partial charge in [-0.3, -0.25) is 14.6 Å². The number of halogens is 1. The summed E-state index contributed by atoms with van der Waals surface area (Å²) in [5, 5.41) is 9.28. The summed E-state index contributed by atoms with van der Waals surface area (Å²) in [5.41, 5.74) is 6.74. The van der Waals surface area contributed by atoms with Crippen molar-refractivity contribution in [3.63, 3.8) is 0 Å². The van der Waals surface area contributed by atoms with E-state index in [1.807, 2.05) is 36.0 Å². The molecule has 10 heteroatoms. The number of imidazole rings is 1. The number of hydrogen-bond donors (Lipinski definition) is 2. The minimum atomic E-state index is -0.830. The van der Waals surface area contributed by atoms with Crippen LogP contribution in [0.25, 0.3) is 0 Å². The number of hydrogen-bond acceptors (Lipinski definition) is 6. The number of para-hydroxylation sites is 1. The molecule has 158 valence electrons. The van der Waals surface area contributed by atoms with E-state index in [1.165, 1.54) is 41.0 Å². The van der Waals surface area contributed by atoms with Gasteiger partial charge in [-0.15, -0.1) is 0 Å². The van der Waals surface area contributed by atoms with E-state index in [4.69, 9.17) is 5.73 Å². The fourth-order valence-corrected chi connectivity index (χ4v) is 3.99. The fourth-order valence-electron chi connectivity index (χ4n) is 3.10. The SMILES string of the molecule is Cn1ccnc1Sc1ccccc1NC(=O)C1=NN(c2ccc(F)cc2)C(C(N)=O)C1. The summed E-state index contributed by atoms with van der Waals surface area (Å²) in [7, 11) is 1.89. The molecule has 1 aliphatic heterocycles. The molecule has 2 heterocycles. The van der Waals surface area contributed by atoms with Crippen LogP contribution in [0.1, 0.15) is 6.42 Å². The van der Waals surface area contributed by atoms with E-state index in [-0.39, 0.29) is 12.1 Å². The third kappa shape index (κ3) is 4.43. The van der Waals surface area contributed by atoms with Crippen LogP contribution in [0.3, 0.4) is 0 Å². The van der Waals surface area contributed by atoms with Crippen molar-refractivity contribution in [2.75, 3.05) is 10.3 Å². The van der Waals surface area contributed by atoms with Crippen LogP contribution in [0.4, 0.5) is 15.8 Å². The summed E-state index contributed by atoms with van der Waals surface area (Å²) in [6.45, 7) is 0. The number of carbonyl (C=O) groups is 2. The van der Waals surface area contributed by atoms with Crippen molar-refractivity contribution < 1.29 is 14.0 Å². The first-order chi connectivity index (χ1) is 14.9. The Labute approximate surface area is 181 Å². The number of anilines is 2. The number of nitrogens with two attached hydrogens (primary N) is 1. The molecule has 4 rings (SSSR count). The lowest BCUT2D eigenvalue weighted by Crippen LogP contribution is -2.39. The van der Waals surface area contributed by atoms with E-state index in [0.29, 0.717) is 11.4 Å². The van der Waals surface area contributed by atoms with Gasteiger partial charge in [-0.05, 0) is 48.2 Å². The van der Waals surface area contributed by atoms with Gasteiger partial charge >= 0.3 is 0 Å². The molecule has 0 saturated heterocycles. The Morgan fingerprint density at radius 3 is 2.61 bits per heavy atom. The fraction of sp³-hybridized carbons (Fsp3) is 0.143. The van der Waals surface area contributed by atoms with Crippen LogP contribution in [-0.4, -0.2) is 33.1 Å². The maximum atomic E-state index is 13.3. The van der Waals surface area contributed by atoms with Gasteiger partial charge in [-0.1, -0.05) is 12.1 Å². The molecule has 3 N–H and O–H groups in total. The second-order valence-electron chi connectivity index (χ2n) is 6.86. The largest absolute Gasteiger partial charge is 0.368 e. The maximum absolute atomic E-state index is 13.3. The molecule has 1 aromatic heterocycles. The average molecular weight is 438 g/mol. The zero-order chi connectivity index (χ0) is 22.0. The monoisotopic (exact) mass is 438 g/mol. The first kappa shape index (κ1) is 20.6. The molecule has 31 heavy (non-hydrogen) atoms. The number of amides is 2. The molecule has 1 aliphatic rings. The van der Waals surface area contributed by atoms with E-state index in [0.717, 1.165) is 10.1 Å². The first-order valence-corrected chi connectivity index (χ1v) is 10.2. The van der Waals surface area contributed by atoms with Gasteiger partial charge in [0.05, 0.1) is 11.4 Å². The Bertz CT molecular complexity index is 1160. The molecule has 0 aliphatic carbocycles. The normalized spacial score (nSPS) is 15.6. The molecule has 0 fully saturated rings. The highest BCUT2D eigenvalue weighted by atomic mass is 32.2. The van der Waals surface area contributed by atoms with Crippen molar-refractivity contribution >= 4 is 40.7 Å². The molecule has 1 unspecified atom stereocenters. The second-order valence-corrected chi connectivity index (χ2v) is 7.87. The zero-order valence-corrected chi connectivity index (χ0v) is 17.3. The van der Waals surface area contributed by atoms with Gasteiger partial charge in [-0.2, -0.15) is 5.10 Å². The van der Waals surface area contributed by atoms with Crippen molar-refractivity contribution in [3.8, 4) is 0 Å². The number of hydrazone groups is 1. The minimum Gasteiger partial charge on any atom is -0.368 e. The van der Waals surface area contributed by atoms with Crippen molar-refractivity contribution in [2.24, 2.45) is 17.9 Å². The van der Waals surface area contributed by atoms with Gasteiger partial charge in [0.2, 0.25) is 5.91 Å². The highest BCUT2D eigenvalue weighted by Gasteiger charge is 2.35. The van der Waals surface area contributed by atoms with Crippen LogP contribution < -0.4 is 16.1 Å². The number of rotatable bonds is 6. The minimum absolute atomic E-state index is 0.0488. The Morgan fingerprint density at radius 1 is 1.19 bits per heavy atom. The lowest BCUT2D eigenvalue weighted by atomic mass is 10.1. The molecule has 3 aromatic rings. The third-order valence-corrected chi connectivity index (χ3v) is 5.86. The predicted octanol–water partition coefficient (Wildman–Crippen LogP) is 2.77. The lowest BCUT2D eigenvalue weighted by molar-refractivity contribution is -0.119. The molecule has 2 amide bonds. The van der Waals surface area contributed by atoms with Crippen molar-refractivity contribution in [1.82, 2.24) is 9.55 Å². The lowest BCUT2D eigenvalue weighted by Gasteiger charge is -2.20. The van der Waals surface area contributed by atoms with Crippen molar-refractivity contribution in [3.05, 3.63) is 66.7 Å². The van der Waals surface area contributed by atoms with E-state index in [9.17, 15) is 14.0 Å². The van der Waals surface area contributed by atoms with Crippen molar-refractivity contribution in [2.45, 2.75) is 22.5 Å². The summed E-state index contributed by atoms with van der Waals surface area (Å²) in [6, 6.07) is 12.0. The standard InChI is InChI=1S/C21H19FN6O2S/c1-27-11-10-24-21(27)31-18-5-3-2-4-15(18)25-20(30)16-12-17(19(23)29)28(26-16)14-8-6-13(22)7-9-14/h2-11,17H,12H2,1H3,(H2,23,29)(H,25,30). The molecule has 2 aromatic carbocycles.